The molecule has 3 aromatic carbocycles. The van der Waals surface area contributed by atoms with Gasteiger partial charge in [0.05, 0.1) is 11.6 Å². The van der Waals surface area contributed by atoms with Crippen molar-refractivity contribution in [3.63, 3.8) is 0 Å². The maximum absolute atomic E-state index is 13.5. The molecule has 0 bridgehead atoms. The van der Waals surface area contributed by atoms with Crippen LogP contribution >= 0.6 is 23.2 Å². The Labute approximate surface area is 167 Å². The molecule has 0 spiro atoms. The summed E-state index contributed by atoms with van der Waals surface area (Å²) in [4.78, 5) is 0. The van der Waals surface area contributed by atoms with E-state index in [1.165, 1.54) is 12.1 Å². The standard InChI is InChI=1S/C22H14Cl2FNO/c23-19-9-8-17(21(24)12-19)14-27-22-7-2-1-4-16(22)10-18(13-26)15-5-3-6-20(25)11-15/h1-12H,14H2/b18-10-. The zero-order valence-electron chi connectivity index (χ0n) is 14.1. The zero-order valence-corrected chi connectivity index (χ0v) is 15.6. The lowest BCUT2D eigenvalue weighted by Gasteiger charge is -2.11. The highest BCUT2D eigenvalue weighted by molar-refractivity contribution is 6.35. The van der Waals surface area contributed by atoms with Crippen molar-refractivity contribution in [2.45, 2.75) is 6.61 Å². The van der Waals surface area contributed by atoms with E-state index in [0.717, 1.165) is 5.56 Å². The Morgan fingerprint density at radius 2 is 1.85 bits per heavy atom. The Kier molecular flexibility index (Phi) is 6.13. The van der Waals surface area contributed by atoms with E-state index in [4.69, 9.17) is 27.9 Å². The van der Waals surface area contributed by atoms with E-state index in [1.807, 2.05) is 18.2 Å². The highest BCUT2D eigenvalue weighted by atomic mass is 35.5. The first-order valence-corrected chi connectivity index (χ1v) is 8.86. The highest BCUT2D eigenvalue weighted by Gasteiger charge is 2.08. The van der Waals surface area contributed by atoms with Gasteiger partial charge in [-0.2, -0.15) is 5.26 Å². The van der Waals surface area contributed by atoms with E-state index in [0.29, 0.717) is 32.5 Å². The van der Waals surface area contributed by atoms with Gasteiger partial charge in [0.2, 0.25) is 0 Å². The second-order valence-corrected chi connectivity index (χ2v) is 6.59. The number of rotatable bonds is 5. The van der Waals surface area contributed by atoms with Crippen molar-refractivity contribution in [2.24, 2.45) is 0 Å². The molecule has 0 fully saturated rings. The predicted octanol–water partition coefficient (Wildman–Crippen LogP) is 6.78. The average molecular weight is 398 g/mol. The van der Waals surface area contributed by atoms with Gasteiger partial charge in [-0.25, -0.2) is 4.39 Å². The minimum absolute atomic E-state index is 0.253. The first kappa shape index (κ1) is 19.0. The average Bonchev–Trinajstić information content (AvgIpc) is 2.66. The highest BCUT2D eigenvalue weighted by Crippen LogP contribution is 2.27. The number of ether oxygens (including phenoxy) is 1. The third-order valence-corrected chi connectivity index (χ3v) is 4.46. The van der Waals surface area contributed by atoms with Crippen molar-refractivity contribution >= 4 is 34.9 Å². The largest absolute Gasteiger partial charge is 0.488 e. The zero-order chi connectivity index (χ0) is 19.2. The summed E-state index contributed by atoms with van der Waals surface area (Å²) in [5.41, 5.74) is 2.36. The van der Waals surface area contributed by atoms with Crippen LogP contribution in [0.2, 0.25) is 10.0 Å². The minimum Gasteiger partial charge on any atom is -0.488 e. The Bertz CT molecular complexity index is 1040. The molecule has 2 nitrogen and oxygen atoms in total. The molecule has 0 aliphatic carbocycles. The van der Waals surface area contributed by atoms with Gasteiger partial charge in [-0.15, -0.1) is 0 Å². The predicted molar refractivity (Wildman–Crippen MR) is 107 cm³/mol. The Hall–Kier alpha value is -2.80. The van der Waals surface area contributed by atoms with Crippen molar-refractivity contribution < 1.29 is 9.13 Å². The van der Waals surface area contributed by atoms with Crippen LogP contribution < -0.4 is 4.74 Å². The molecular weight excluding hydrogens is 384 g/mol. The first-order chi connectivity index (χ1) is 13.1. The summed E-state index contributed by atoms with van der Waals surface area (Å²) in [5, 5.41) is 10.6. The maximum Gasteiger partial charge on any atom is 0.127 e. The van der Waals surface area contributed by atoms with Gasteiger partial charge in [0.25, 0.3) is 0 Å². The minimum atomic E-state index is -0.393. The van der Waals surface area contributed by atoms with Crippen LogP contribution in [0.3, 0.4) is 0 Å². The summed E-state index contributed by atoms with van der Waals surface area (Å²) in [7, 11) is 0. The molecule has 27 heavy (non-hydrogen) atoms. The van der Waals surface area contributed by atoms with Crippen LogP contribution in [0.1, 0.15) is 16.7 Å². The van der Waals surface area contributed by atoms with Gasteiger partial charge < -0.3 is 4.74 Å². The lowest BCUT2D eigenvalue weighted by molar-refractivity contribution is 0.305. The lowest BCUT2D eigenvalue weighted by Crippen LogP contribution is -1.98. The van der Waals surface area contributed by atoms with E-state index in [9.17, 15) is 9.65 Å². The van der Waals surface area contributed by atoms with Crippen molar-refractivity contribution in [3.8, 4) is 11.8 Å². The summed E-state index contributed by atoms with van der Waals surface area (Å²) >= 11 is 12.1. The molecule has 0 aliphatic heterocycles. The molecule has 0 N–H and O–H groups in total. The number of para-hydroxylation sites is 1. The normalized spacial score (nSPS) is 11.1. The van der Waals surface area contributed by atoms with E-state index in [-0.39, 0.29) is 6.61 Å². The van der Waals surface area contributed by atoms with Gasteiger partial charge >= 0.3 is 0 Å². The number of hydrogen-bond acceptors (Lipinski definition) is 2. The summed E-state index contributed by atoms with van der Waals surface area (Å²) in [6.45, 7) is 0.253. The van der Waals surface area contributed by atoms with Crippen LogP contribution in [0, 0.1) is 17.1 Å². The Morgan fingerprint density at radius 3 is 2.59 bits per heavy atom. The number of nitrogens with zero attached hydrogens (tertiary/aromatic N) is 1. The number of hydrogen-bond donors (Lipinski definition) is 0. The molecular formula is C22H14Cl2FNO. The van der Waals surface area contributed by atoms with Crippen LogP contribution in [0.4, 0.5) is 4.39 Å². The topological polar surface area (TPSA) is 33.0 Å². The number of nitriles is 1. The SMILES string of the molecule is N#C/C(=C/c1ccccc1OCc1ccc(Cl)cc1Cl)c1cccc(F)c1. The molecule has 0 heterocycles. The fraction of sp³-hybridized carbons (Fsp3) is 0.0455. The molecule has 134 valence electrons. The van der Waals surface area contributed by atoms with Gasteiger partial charge in [0.1, 0.15) is 18.2 Å². The van der Waals surface area contributed by atoms with Gasteiger partial charge in [0, 0.05) is 21.2 Å². The summed E-state index contributed by atoms with van der Waals surface area (Å²) in [5.74, 6) is 0.197. The molecule has 5 heteroatoms. The van der Waals surface area contributed by atoms with Crippen LogP contribution in [0.25, 0.3) is 11.6 Å². The van der Waals surface area contributed by atoms with Gasteiger partial charge in [-0.1, -0.05) is 59.6 Å². The van der Waals surface area contributed by atoms with Crippen molar-refractivity contribution in [3.05, 3.63) is 99.3 Å². The molecule has 0 atom stereocenters. The molecule has 0 saturated heterocycles. The Morgan fingerprint density at radius 1 is 1.04 bits per heavy atom. The van der Waals surface area contributed by atoms with Crippen LogP contribution in [0.5, 0.6) is 5.75 Å². The van der Waals surface area contributed by atoms with Gasteiger partial charge in [-0.05, 0) is 42.0 Å². The molecule has 0 amide bonds. The second kappa shape index (κ2) is 8.73. The number of halogens is 3. The third kappa shape index (κ3) is 4.89. The van der Waals surface area contributed by atoms with Crippen molar-refractivity contribution in [2.75, 3.05) is 0 Å². The number of benzene rings is 3. The van der Waals surface area contributed by atoms with E-state index in [1.54, 1.807) is 42.5 Å². The monoisotopic (exact) mass is 397 g/mol. The second-order valence-electron chi connectivity index (χ2n) is 5.74. The van der Waals surface area contributed by atoms with Crippen LogP contribution in [-0.4, -0.2) is 0 Å². The van der Waals surface area contributed by atoms with E-state index in [2.05, 4.69) is 6.07 Å². The quantitative estimate of drug-likeness (QED) is 0.351. The van der Waals surface area contributed by atoms with Crippen molar-refractivity contribution in [1.29, 1.82) is 5.26 Å². The molecule has 0 aromatic heterocycles. The number of allylic oxidation sites excluding steroid dienone is 1. The van der Waals surface area contributed by atoms with Crippen molar-refractivity contribution in [1.82, 2.24) is 0 Å². The Balaban J connectivity index is 1.88. The van der Waals surface area contributed by atoms with E-state index < -0.39 is 5.82 Å². The summed E-state index contributed by atoms with van der Waals surface area (Å²) in [6, 6.07) is 20.6. The third-order valence-electron chi connectivity index (χ3n) is 3.87. The maximum atomic E-state index is 13.5. The van der Waals surface area contributed by atoms with Gasteiger partial charge in [0.15, 0.2) is 0 Å². The molecule has 0 unspecified atom stereocenters. The molecule has 3 aromatic rings. The van der Waals surface area contributed by atoms with Gasteiger partial charge in [-0.3, -0.25) is 0 Å². The summed E-state index contributed by atoms with van der Waals surface area (Å²) in [6.07, 6.45) is 1.67. The first-order valence-electron chi connectivity index (χ1n) is 8.10. The fourth-order valence-corrected chi connectivity index (χ4v) is 2.98. The lowest BCUT2D eigenvalue weighted by atomic mass is 10.0. The van der Waals surface area contributed by atoms with Crippen LogP contribution in [0.15, 0.2) is 66.7 Å². The summed E-state index contributed by atoms with van der Waals surface area (Å²) < 4.78 is 19.4. The smallest absolute Gasteiger partial charge is 0.127 e. The van der Waals surface area contributed by atoms with E-state index >= 15 is 0 Å². The fourth-order valence-electron chi connectivity index (χ4n) is 2.52. The molecule has 0 saturated carbocycles. The van der Waals surface area contributed by atoms with Crippen LogP contribution in [-0.2, 0) is 6.61 Å². The molecule has 0 aliphatic rings. The molecule has 0 radical (unpaired) electrons. The molecule has 3 rings (SSSR count).